The Morgan fingerprint density at radius 2 is 1.71 bits per heavy atom. The summed E-state index contributed by atoms with van der Waals surface area (Å²) in [7, 11) is -0.873. The zero-order valence-electron chi connectivity index (χ0n) is 10.5. The first-order valence-electron chi connectivity index (χ1n) is 4.81. The number of ether oxygens (including phenoxy) is 1. The Bertz CT molecular complexity index is 335. The maximum absolute atomic E-state index is 11.7. The van der Waals surface area contributed by atoms with E-state index >= 15 is 0 Å². The van der Waals surface area contributed by atoms with Gasteiger partial charge in [-0.15, -0.1) is 0 Å². The standard InChI is InChI=1S/C9H17Cl3NO3P/c1-8(2,9(10,11)12)16-7(14)13(3)6-17(4,5)15/h6H2,1-5H3. The number of rotatable bonds is 3. The number of carbonyl (C=O) groups is 1. The minimum absolute atomic E-state index is 0.113. The number of hydrogen-bond donors (Lipinski definition) is 0. The molecule has 0 unspecified atom stereocenters. The Kier molecular flexibility index (Phi) is 5.68. The largest absolute Gasteiger partial charge is 0.439 e. The highest BCUT2D eigenvalue weighted by Crippen LogP contribution is 2.41. The molecular weight excluding hydrogens is 307 g/mol. The summed E-state index contributed by atoms with van der Waals surface area (Å²) < 4.78 is 14.9. The molecule has 0 saturated heterocycles. The van der Waals surface area contributed by atoms with Gasteiger partial charge in [0.25, 0.3) is 0 Å². The van der Waals surface area contributed by atoms with Crippen LogP contribution in [-0.2, 0) is 9.30 Å². The SMILES string of the molecule is CN(CP(C)(C)=O)C(=O)OC(C)(C)C(Cl)(Cl)Cl. The fourth-order valence-electron chi connectivity index (χ4n) is 0.923. The third kappa shape index (κ3) is 6.19. The summed E-state index contributed by atoms with van der Waals surface area (Å²) in [6.07, 6.45) is -0.563. The second-order valence-electron chi connectivity index (χ2n) is 4.79. The number of alkyl halides is 3. The second-order valence-corrected chi connectivity index (χ2v) is 10.5. The van der Waals surface area contributed by atoms with Crippen LogP contribution in [0.5, 0.6) is 0 Å². The van der Waals surface area contributed by atoms with Crippen LogP contribution in [0, 0.1) is 0 Å². The number of carbonyl (C=O) groups excluding carboxylic acids is 1. The lowest BCUT2D eigenvalue weighted by Crippen LogP contribution is -2.44. The van der Waals surface area contributed by atoms with E-state index in [-0.39, 0.29) is 6.29 Å². The van der Waals surface area contributed by atoms with Crippen molar-refractivity contribution in [1.29, 1.82) is 0 Å². The van der Waals surface area contributed by atoms with E-state index in [1.54, 1.807) is 13.3 Å². The molecule has 17 heavy (non-hydrogen) atoms. The molecule has 0 atom stereocenters. The van der Waals surface area contributed by atoms with Crippen LogP contribution in [0.15, 0.2) is 0 Å². The predicted molar refractivity (Wildman–Crippen MR) is 72.9 cm³/mol. The summed E-state index contributed by atoms with van der Waals surface area (Å²) in [6, 6.07) is 0. The molecule has 0 fully saturated rings. The molecule has 4 nitrogen and oxygen atoms in total. The van der Waals surface area contributed by atoms with Crippen LogP contribution in [0.2, 0.25) is 0 Å². The van der Waals surface area contributed by atoms with Gasteiger partial charge in [-0.3, -0.25) is 0 Å². The van der Waals surface area contributed by atoms with Crippen molar-refractivity contribution < 1.29 is 14.1 Å². The van der Waals surface area contributed by atoms with Crippen molar-refractivity contribution in [2.75, 3.05) is 26.7 Å². The maximum Gasteiger partial charge on any atom is 0.410 e. The fraction of sp³-hybridized carbons (Fsp3) is 0.889. The normalized spacial score (nSPS) is 13.4. The molecule has 0 aromatic carbocycles. The lowest BCUT2D eigenvalue weighted by Gasteiger charge is -2.33. The summed E-state index contributed by atoms with van der Waals surface area (Å²) >= 11 is 17.1. The molecule has 8 heteroatoms. The molecule has 0 N–H and O–H groups in total. The third-order valence-corrected chi connectivity index (χ3v) is 4.36. The van der Waals surface area contributed by atoms with Crippen LogP contribution >= 0.6 is 41.9 Å². The fourth-order valence-corrected chi connectivity index (χ4v) is 2.18. The van der Waals surface area contributed by atoms with Crippen molar-refractivity contribution in [3.63, 3.8) is 0 Å². The molecule has 0 heterocycles. The summed E-state index contributed by atoms with van der Waals surface area (Å²) in [5.41, 5.74) is -1.27. The van der Waals surface area contributed by atoms with E-state index in [0.29, 0.717) is 0 Å². The quantitative estimate of drug-likeness (QED) is 0.586. The summed E-state index contributed by atoms with van der Waals surface area (Å²) in [4.78, 5) is 12.9. The molecule has 0 aliphatic heterocycles. The van der Waals surface area contributed by atoms with Gasteiger partial charge in [-0.2, -0.15) is 0 Å². The highest BCUT2D eigenvalue weighted by atomic mass is 35.6. The highest BCUT2D eigenvalue weighted by Gasteiger charge is 2.44. The number of amides is 1. The maximum atomic E-state index is 11.7. The molecule has 0 radical (unpaired) electrons. The van der Waals surface area contributed by atoms with Crippen LogP contribution in [0.4, 0.5) is 4.79 Å². The first kappa shape index (κ1) is 17.4. The third-order valence-electron chi connectivity index (χ3n) is 1.89. The zero-order chi connectivity index (χ0) is 14.1. The molecule has 0 saturated carbocycles. The molecular formula is C9H17Cl3NO3P. The number of nitrogens with zero attached hydrogens (tertiary/aromatic N) is 1. The lowest BCUT2D eigenvalue weighted by molar-refractivity contribution is 0.0230. The highest BCUT2D eigenvalue weighted by molar-refractivity contribution is 7.62. The number of hydrogen-bond acceptors (Lipinski definition) is 3. The van der Waals surface area contributed by atoms with E-state index in [1.165, 1.54) is 25.8 Å². The van der Waals surface area contributed by atoms with Gasteiger partial charge >= 0.3 is 6.09 Å². The molecule has 102 valence electrons. The molecule has 0 aliphatic rings. The van der Waals surface area contributed by atoms with Gasteiger partial charge in [-0.05, 0) is 27.2 Å². The van der Waals surface area contributed by atoms with Gasteiger partial charge < -0.3 is 14.2 Å². The van der Waals surface area contributed by atoms with E-state index in [9.17, 15) is 9.36 Å². The molecule has 0 aromatic rings. The van der Waals surface area contributed by atoms with Crippen LogP contribution in [0.25, 0.3) is 0 Å². The van der Waals surface area contributed by atoms with Crippen molar-refractivity contribution in [2.45, 2.75) is 23.2 Å². The van der Waals surface area contributed by atoms with E-state index < -0.39 is 22.6 Å². The van der Waals surface area contributed by atoms with Crippen molar-refractivity contribution in [1.82, 2.24) is 4.90 Å². The van der Waals surface area contributed by atoms with Crippen LogP contribution in [-0.4, -0.2) is 47.0 Å². The molecule has 0 aliphatic carbocycles. The summed E-state index contributed by atoms with van der Waals surface area (Å²) in [6.45, 7) is 6.14. The Balaban J connectivity index is 4.61. The molecule has 0 rings (SSSR count). The van der Waals surface area contributed by atoms with Crippen molar-refractivity contribution >= 4 is 48.0 Å². The number of halogens is 3. The van der Waals surface area contributed by atoms with Crippen LogP contribution in [0.1, 0.15) is 13.8 Å². The summed E-state index contributed by atoms with van der Waals surface area (Å²) in [5, 5.41) is 0. The zero-order valence-corrected chi connectivity index (χ0v) is 13.6. The van der Waals surface area contributed by atoms with Crippen molar-refractivity contribution in [2.24, 2.45) is 0 Å². The smallest absolute Gasteiger partial charge is 0.410 e. The van der Waals surface area contributed by atoms with Crippen molar-refractivity contribution in [3.05, 3.63) is 0 Å². The first-order chi connectivity index (χ1) is 7.26. The summed E-state index contributed by atoms with van der Waals surface area (Å²) in [5.74, 6) is 0. The van der Waals surface area contributed by atoms with Gasteiger partial charge in [0.15, 0.2) is 5.60 Å². The average Bonchev–Trinajstić information content (AvgIpc) is 1.97. The molecule has 0 spiro atoms. The van der Waals surface area contributed by atoms with Gasteiger partial charge in [0.2, 0.25) is 3.79 Å². The Morgan fingerprint density at radius 3 is 2.00 bits per heavy atom. The average molecular weight is 325 g/mol. The Labute approximate surface area is 117 Å². The van der Waals surface area contributed by atoms with E-state index in [0.717, 1.165) is 0 Å². The Hall–Kier alpha value is 0.370. The van der Waals surface area contributed by atoms with Gasteiger partial charge in [0.05, 0.1) is 6.29 Å². The monoisotopic (exact) mass is 323 g/mol. The van der Waals surface area contributed by atoms with Gasteiger partial charge in [0.1, 0.15) is 7.14 Å². The molecule has 1 amide bonds. The van der Waals surface area contributed by atoms with Gasteiger partial charge in [0, 0.05) is 7.05 Å². The Morgan fingerprint density at radius 1 is 1.29 bits per heavy atom. The van der Waals surface area contributed by atoms with Gasteiger partial charge in [-0.25, -0.2) is 4.79 Å². The topological polar surface area (TPSA) is 46.6 Å². The first-order valence-corrected chi connectivity index (χ1v) is 8.73. The lowest BCUT2D eigenvalue weighted by atomic mass is 10.2. The van der Waals surface area contributed by atoms with Crippen molar-refractivity contribution in [3.8, 4) is 0 Å². The van der Waals surface area contributed by atoms with E-state index in [2.05, 4.69) is 0 Å². The van der Waals surface area contributed by atoms with Crippen LogP contribution < -0.4 is 0 Å². The second kappa shape index (κ2) is 5.56. The minimum atomic E-state index is -2.36. The minimum Gasteiger partial charge on any atom is -0.439 e. The van der Waals surface area contributed by atoms with Gasteiger partial charge in [-0.1, -0.05) is 34.8 Å². The van der Waals surface area contributed by atoms with Crippen LogP contribution in [0.3, 0.4) is 0 Å². The molecule has 0 aromatic heterocycles. The molecule has 0 bridgehead atoms. The van der Waals surface area contributed by atoms with E-state index in [4.69, 9.17) is 39.5 Å². The van der Waals surface area contributed by atoms with E-state index in [1.807, 2.05) is 0 Å². The predicted octanol–water partition coefficient (Wildman–Crippen LogP) is 3.78.